The number of amides is 1. The van der Waals surface area contributed by atoms with Gasteiger partial charge in [-0.15, -0.1) is 0 Å². The smallest absolute Gasteiger partial charge is 0.229 e. The summed E-state index contributed by atoms with van der Waals surface area (Å²) in [5.41, 5.74) is 3.39. The van der Waals surface area contributed by atoms with E-state index in [9.17, 15) is 4.79 Å². The Morgan fingerprint density at radius 2 is 2.00 bits per heavy atom. The maximum Gasteiger partial charge on any atom is 0.229 e. The predicted molar refractivity (Wildman–Crippen MR) is 113 cm³/mol. The van der Waals surface area contributed by atoms with Crippen molar-refractivity contribution in [2.24, 2.45) is 11.8 Å². The molecule has 29 heavy (non-hydrogen) atoms. The second-order valence-electron chi connectivity index (χ2n) is 9.04. The molecule has 1 aliphatic carbocycles. The molecule has 1 saturated carbocycles. The molecule has 1 saturated heterocycles. The van der Waals surface area contributed by atoms with E-state index < -0.39 is 0 Å². The number of carbonyl (C=O) groups excluding carboxylic acids is 1. The number of nitrogens with one attached hydrogen (secondary N) is 1. The number of carbonyl (C=O) groups is 1. The third-order valence-corrected chi connectivity index (χ3v) is 6.94. The zero-order valence-corrected chi connectivity index (χ0v) is 17.4. The van der Waals surface area contributed by atoms with Gasteiger partial charge in [0.25, 0.3) is 0 Å². The summed E-state index contributed by atoms with van der Waals surface area (Å²) < 4.78 is 1.97. The second kappa shape index (κ2) is 7.94. The van der Waals surface area contributed by atoms with Crippen LogP contribution in [0.25, 0.3) is 5.65 Å². The van der Waals surface area contributed by atoms with E-state index in [1.165, 1.54) is 43.4 Å². The van der Waals surface area contributed by atoms with E-state index in [1.54, 1.807) is 0 Å². The zero-order chi connectivity index (χ0) is 19.8. The van der Waals surface area contributed by atoms with Crippen LogP contribution in [0.3, 0.4) is 0 Å². The lowest BCUT2D eigenvalue weighted by molar-refractivity contribution is -0.135. The zero-order valence-electron chi connectivity index (χ0n) is 17.4. The van der Waals surface area contributed by atoms with Gasteiger partial charge in [0.15, 0.2) is 5.65 Å². The van der Waals surface area contributed by atoms with Crippen molar-refractivity contribution in [3.05, 3.63) is 23.5 Å². The van der Waals surface area contributed by atoms with Crippen LogP contribution in [0.2, 0.25) is 0 Å². The van der Waals surface area contributed by atoms with Crippen LogP contribution in [-0.4, -0.2) is 65.2 Å². The highest BCUT2D eigenvalue weighted by Gasteiger charge is 2.38. The molecular formula is C22H32N6O. The molecule has 7 heteroatoms. The Balaban J connectivity index is 1.30. The number of anilines is 1. The van der Waals surface area contributed by atoms with Crippen LogP contribution in [0.1, 0.15) is 43.4 Å². The Hall–Kier alpha value is -2.15. The third kappa shape index (κ3) is 3.61. The lowest BCUT2D eigenvalue weighted by atomic mass is 9.88. The van der Waals surface area contributed by atoms with Gasteiger partial charge in [0, 0.05) is 51.3 Å². The standard InChI is InChI=1S/C22H32N6O/c1-26(13-16-5-3-2-4-6-16)22(29)17-14-27(15-17)21-18-7-10-23-11-8-19(18)25-20-9-12-24-28(20)21/h9,12,16-17,23H,2-8,10-11,13-15H2,1H3. The minimum atomic E-state index is 0.0990. The van der Waals surface area contributed by atoms with E-state index in [0.717, 1.165) is 57.0 Å². The highest BCUT2D eigenvalue weighted by Crippen LogP contribution is 2.32. The molecule has 7 nitrogen and oxygen atoms in total. The van der Waals surface area contributed by atoms with E-state index in [2.05, 4.69) is 15.3 Å². The summed E-state index contributed by atoms with van der Waals surface area (Å²) in [6, 6.07) is 1.97. The molecule has 156 valence electrons. The molecule has 0 radical (unpaired) electrons. The average Bonchev–Trinajstić information content (AvgIpc) is 3.03. The summed E-state index contributed by atoms with van der Waals surface area (Å²) >= 11 is 0. The number of hydrogen-bond acceptors (Lipinski definition) is 5. The molecule has 0 unspecified atom stereocenters. The lowest BCUT2D eigenvalue weighted by Gasteiger charge is -2.42. The summed E-state index contributed by atoms with van der Waals surface area (Å²) in [4.78, 5) is 22.2. The SMILES string of the molecule is CN(CC1CCCCC1)C(=O)C1CN(c2c3c(nc4ccnn24)CCNCC3)C1. The normalized spacial score (nSPS) is 20.9. The molecule has 2 aliphatic heterocycles. The third-order valence-electron chi connectivity index (χ3n) is 6.94. The first kappa shape index (κ1) is 18.9. The van der Waals surface area contributed by atoms with Crippen molar-refractivity contribution in [2.75, 3.05) is 44.7 Å². The van der Waals surface area contributed by atoms with Crippen LogP contribution >= 0.6 is 0 Å². The topological polar surface area (TPSA) is 65.8 Å². The van der Waals surface area contributed by atoms with Crippen LogP contribution < -0.4 is 10.2 Å². The van der Waals surface area contributed by atoms with Crippen molar-refractivity contribution in [3.63, 3.8) is 0 Å². The first-order chi connectivity index (χ1) is 14.2. The fraction of sp³-hybridized carbons (Fsp3) is 0.682. The molecule has 0 atom stereocenters. The minimum Gasteiger partial charge on any atom is -0.354 e. The fourth-order valence-electron chi connectivity index (χ4n) is 5.31. The van der Waals surface area contributed by atoms with Crippen molar-refractivity contribution in [3.8, 4) is 0 Å². The Morgan fingerprint density at radius 1 is 1.21 bits per heavy atom. The van der Waals surface area contributed by atoms with Crippen LogP contribution in [0.4, 0.5) is 5.82 Å². The Labute approximate surface area is 172 Å². The second-order valence-corrected chi connectivity index (χ2v) is 9.04. The van der Waals surface area contributed by atoms with Crippen molar-refractivity contribution in [1.82, 2.24) is 24.8 Å². The van der Waals surface area contributed by atoms with Gasteiger partial charge in [-0.3, -0.25) is 4.79 Å². The molecule has 1 amide bonds. The molecule has 5 rings (SSSR count). The number of hydrogen-bond donors (Lipinski definition) is 1. The molecule has 1 N–H and O–H groups in total. The van der Waals surface area contributed by atoms with Gasteiger partial charge in [-0.1, -0.05) is 19.3 Å². The number of aromatic nitrogens is 3. The minimum absolute atomic E-state index is 0.0990. The van der Waals surface area contributed by atoms with Crippen molar-refractivity contribution in [1.29, 1.82) is 0 Å². The summed E-state index contributed by atoms with van der Waals surface area (Å²) in [6.07, 6.45) is 10.3. The molecule has 3 aliphatic rings. The van der Waals surface area contributed by atoms with Gasteiger partial charge in [-0.25, -0.2) is 4.98 Å². The van der Waals surface area contributed by atoms with Gasteiger partial charge >= 0.3 is 0 Å². The van der Waals surface area contributed by atoms with Crippen LogP contribution in [-0.2, 0) is 17.6 Å². The first-order valence-electron chi connectivity index (χ1n) is 11.3. The molecule has 0 bridgehead atoms. The molecular weight excluding hydrogens is 364 g/mol. The number of fused-ring (bicyclic) bond motifs is 2. The number of nitrogens with zero attached hydrogens (tertiary/aromatic N) is 5. The van der Waals surface area contributed by atoms with E-state index >= 15 is 0 Å². The van der Waals surface area contributed by atoms with Gasteiger partial charge in [-0.2, -0.15) is 9.61 Å². The predicted octanol–water partition coefficient (Wildman–Crippen LogP) is 1.89. The van der Waals surface area contributed by atoms with Crippen molar-refractivity contribution in [2.45, 2.75) is 44.9 Å². The van der Waals surface area contributed by atoms with Crippen LogP contribution in [0.5, 0.6) is 0 Å². The van der Waals surface area contributed by atoms with Crippen LogP contribution in [0, 0.1) is 11.8 Å². The molecule has 2 aromatic heterocycles. The lowest BCUT2D eigenvalue weighted by Crippen LogP contribution is -2.55. The quantitative estimate of drug-likeness (QED) is 0.855. The maximum absolute atomic E-state index is 13.0. The molecule has 2 aromatic rings. The van der Waals surface area contributed by atoms with Gasteiger partial charge < -0.3 is 15.1 Å². The molecule has 4 heterocycles. The van der Waals surface area contributed by atoms with E-state index in [0.29, 0.717) is 11.8 Å². The summed E-state index contributed by atoms with van der Waals surface area (Å²) in [5.74, 6) is 2.26. The van der Waals surface area contributed by atoms with E-state index in [4.69, 9.17) is 4.98 Å². The summed E-state index contributed by atoms with van der Waals surface area (Å²) in [6.45, 7) is 4.43. The Kier molecular flexibility index (Phi) is 5.16. The van der Waals surface area contributed by atoms with Gasteiger partial charge in [0.05, 0.1) is 17.8 Å². The van der Waals surface area contributed by atoms with Gasteiger partial charge in [0.1, 0.15) is 5.82 Å². The Morgan fingerprint density at radius 3 is 2.83 bits per heavy atom. The largest absolute Gasteiger partial charge is 0.354 e. The maximum atomic E-state index is 13.0. The average molecular weight is 397 g/mol. The molecule has 0 spiro atoms. The van der Waals surface area contributed by atoms with Gasteiger partial charge in [-0.05, 0) is 31.7 Å². The highest BCUT2D eigenvalue weighted by atomic mass is 16.2. The van der Waals surface area contributed by atoms with Gasteiger partial charge in [0.2, 0.25) is 5.91 Å². The van der Waals surface area contributed by atoms with Crippen molar-refractivity contribution < 1.29 is 4.79 Å². The van der Waals surface area contributed by atoms with Crippen LogP contribution in [0.15, 0.2) is 12.3 Å². The molecule has 0 aromatic carbocycles. The first-order valence-corrected chi connectivity index (χ1v) is 11.3. The highest BCUT2D eigenvalue weighted by molar-refractivity contribution is 5.82. The summed E-state index contributed by atoms with van der Waals surface area (Å²) in [7, 11) is 2.00. The van der Waals surface area contributed by atoms with E-state index in [-0.39, 0.29) is 5.92 Å². The fourth-order valence-corrected chi connectivity index (χ4v) is 5.31. The van der Waals surface area contributed by atoms with Crippen molar-refractivity contribution >= 4 is 17.4 Å². The summed E-state index contributed by atoms with van der Waals surface area (Å²) in [5, 5.41) is 8.01. The molecule has 2 fully saturated rings. The van der Waals surface area contributed by atoms with E-state index in [1.807, 2.05) is 28.7 Å². The monoisotopic (exact) mass is 396 g/mol. The Bertz CT molecular complexity index is 881. The number of rotatable bonds is 4.